The number of nitrogens with one attached hydrogen (secondary N) is 1. The van der Waals surface area contributed by atoms with Gasteiger partial charge in [-0.3, -0.25) is 4.79 Å². The summed E-state index contributed by atoms with van der Waals surface area (Å²) in [7, 11) is 0. The minimum absolute atomic E-state index is 0.0927. The van der Waals surface area contributed by atoms with Crippen molar-refractivity contribution >= 4 is 28.5 Å². The molecule has 24 heavy (non-hydrogen) atoms. The Kier molecular flexibility index (Phi) is 4.82. The monoisotopic (exact) mass is 349 g/mol. The van der Waals surface area contributed by atoms with Crippen LogP contribution in [-0.4, -0.2) is 22.7 Å². The van der Waals surface area contributed by atoms with Crippen molar-refractivity contribution in [1.82, 2.24) is 15.5 Å². The van der Waals surface area contributed by atoms with Crippen LogP contribution in [0.4, 0.5) is 0 Å². The lowest BCUT2D eigenvalue weighted by Crippen LogP contribution is -2.22. The summed E-state index contributed by atoms with van der Waals surface area (Å²) in [6.07, 6.45) is -0.263. The van der Waals surface area contributed by atoms with E-state index in [1.165, 1.54) is 0 Å². The minimum Gasteiger partial charge on any atom is -0.449 e. The summed E-state index contributed by atoms with van der Waals surface area (Å²) in [5.41, 5.74) is 0.481. The van der Waals surface area contributed by atoms with E-state index in [1.807, 2.05) is 19.9 Å². The zero-order chi connectivity index (χ0) is 17.1. The second-order valence-electron chi connectivity index (χ2n) is 5.10. The highest BCUT2D eigenvalue weighted by molar-refractivity contribution is 6.34. The number of amides is 1. The third-order valence-corrected chi connectivity index (χ3v) is 3.68. The second kappa shape index (κ2) is 7.02. The molecule has 0 saturated heterocycles. The Balaban J connectivity index is 1.65. The predicted molar refractivity (Wildman–Crippen MR) is 86.7 cm³/mol. The van der Waals surface area contributed by atoms with E-state index in [4.69, 9.17) is 25.3 Å². The van der Waals surface area contributed by atoms with Crippen LogP contribution in [0.1, 0.15) is 42.2 Å². The van der Waals surface area contributed by atoms with Crippen LogP contribution in [-0.2, 0) is 11.3 Å². The van der Waals surface area contributed by atoms with Crippen LogP contribution in [0.15, 0.2) is 33.2 Å². The van der Waals surface area contributed by atoms with E-state index < -0.39 is 0 Å². The molecule has 0 aliphatic rings. The van der Waals surface area contributed by atoms with Gasteiger partial charge in [0, 0.05) is 12.0 Å². The highest BCUT2D eigenvalue weighted by Crippen LogP contribution is 2.26. The van der Waals surface area contributed by atoms with Gasteiger partial charge in [-0.25, -0.2) is 0 Å². The summed E-state index contributed by atoms with van der Waals surface area (Å²) in [4.78, 5) is 16.4. The Morgan fingerprint density at radius 3 is 3.04 bits per heavy atom. The largest absolute Gasteiger partial charge is 0.449 e. The summed E-state index contributed by atoms with van der Waals surface area (Å²) < 4.78 is 16.0. The number of fused-ring (bicyclic) bond motifs is 1. The van der Waals surface area contributed by atoms with E-state index in [-0.39, 0.29) is 24.3 Å². The number of halogens is 1. The Bertz CT molecular complexity index is 858. The average molecular weight is 350 g/mol. The molecule has 2 heterocycles. The van der Waals surface area contributed by atoms with E-state index >= 15 is 0 Å². The average Bonchev–Trinajstić information content (AvgIpc) is 3.20. The molecular formula is C16H16ClN3O4. The fourth-order valence-electron chi connectivity index (χ4n) is 2.21. The first kappa shape index (κ1) is 16.5. The molecule has 126 valence electrons. The van der Waals surface area contributed by atoms with Gasteiger partial charge in [0.2, 0.25) is 5.89 Å². The van der Waals surface area contributed by atoms with Crippen molar-refractivity contribution in [2.75, 3.05) is 6.61 Å². The summed E-state index contributed by atoms with van der Waals surface area (Å²) in [6.45, 7) is 4.36. The fourth-order valence-corrected chi connectivity index (χ4v) is 2.43. The molecule has 7 nitrogen and oxygen atoms in total. The molecule has 0 saturated carbocycles. The number of ether oxygens (including phenoxy) is 1. The van der Waals surface area contributed by atoms with Crippen molar-refractivity contribution in [1.29, 1.82) is 0 Å². The number of rotatable bonds is 6. The first-order valence-electron chi connectivity index (χ1n) is 7.48. The molecule has 0 unspecified atom stereocenters. The van der Waals surface area contributed by atoms with Gasteiger partial charge >= 0.3 is 0 Å². The van der Waals surface area contributed by atoms with Crippen LogP contribution in [0.3, 0.4) is 0 Å². The molecule has 3 aromatic rings. The van der Waals surface area contributed by atoms with Crippen molar-refractivity contribution in [3.63, 3.8) is 0 Å². The molecule has 0 aliphatic heterocycles. The summed E-state index contributed by atoms with van der Waals surface area (Å²) in [5.74, 6) is 0.510. The lowest BCUT2D eigenvalue weighted by atomic mass is 10.2. The van der Waals surface area contributed by atoms with Crippen LogP contribution < -0.4 is 5.32 Å². The Labute approximate surface area is 142 Å². The summed E-state index contributed by atoms with van der Waals surface area (Å²) >= 11 is 6.04. The number of benzene rings is 1. The highest BCUT2D eigenvalue weighted by atomic mass is 35.5. The van der Waals surface area contributed by atoms with Gasteiger partial charge in [0.1, 0.15) is 6.10 Å². The smallest absolute Gasteiger partial charge is 0.287 e. The first-order chi connectivity index (χ1) is 11.6. The number of nitrogens with zero attached hydrogens (tertiary/aromatic N) is 2. The Hall–Kier alpha value is -2.38. The maximum Gasteiger partial charge on any atom is 0.287 e. The summed E-state index contributed by atoms with van der Waals surface area (Å²) in [5, 5.41) is 7.71. The normalized spacial score (nSPS) is 12.5. The van der Waals surface area contributed by atoms with Gasteiger partial charge in [-0.05, 0) is 26.0 Å². The lowest BCUT2D eigenvalue weighted by molar-refractivity contribution is 0.0683. The molecule has 1 amide bonds. The van der Waals surface area contributed by atoms with Gasteiger partial charge in [-0.15, -0.1) is 0 Å². The van der Waals surface area contributed by atoms with Crippen LogP contribution in [0.25, 0.3) is 11.0 Å². The third-order valence-electron chi connectivity index (χ3n) is 3.38. The van der Waals surface area contributed by atoms with Crippen molar-refractivity contribution in [2.45, 2.75) is 26.5 Å². The minimum atomic E-state index is -0.389. The molecule has 0 radical (unpaired) electrons. The topological polar surface area (TPSA) is 90.4 Å². The molecule has 1 N–H and O–H groups in total. The Morgan fingerprint density at radius 1 is 1.46 bits per heavy atom. The van der Waals surface area contributed by atoms with Crippen LogP contribution in [0.5, 0.6) is 0 Å². The standard InChI is InChI=1S/C16H16ClN3O4/c1-3-22-9(2)15-19-13(24-20-15)8-18-16(21)12-7-10-5-4-6-11(17)14(10)23-12/h4-7,9H,3,8H2,1-2H3,(H,18,21)/t9-/m1/s1. The predicted octanol–water partition coefficient (Wildman–Crippen LogP) is 3.50. The van der Waals surface area contributed by atoms with Gasteiger partial charge in [0.25, 0.3) is 5.91 Å². The molecule has 0 bridgehead atoms. The van der Waals surface area contributed by atoms with E-state index in [9.17, 15) is 4.79 Å². The zero-order valence-electron chi connectivity index (χ0n) is 13.2. The van der Waals surface area contributed by atoms with Gasteiger partial charge in [0.15, 0.2) is 17.2 Å². The van der Waals surface area contributed by atoms with Crippen molar-refractivity contribution < 1.29 is 18.5 Å². The van der Waals surface area contributed by atoms with Crippen LogP contribution >= 0.6 is 11.6 Å². The molecule has 0 aliphatic carbocycles. The Morgan fingerprint density at radius 2 is 2.29 bits per heavy atom. The fraction of sp³-hybridized carbons (Fsp3) is 0.312. The van der Waals surface area contributed by atoms with E-state index in [1.54, 1.807) is 18.2 Å². The summed E-state index contributed by atoms with van der Waals surface area (Å²) in [6, 6.07) is 6.95. The number of carbonyl (C=O) groups is 1. The molecule has 1 atom stereocenters. The number of aromatic nitrogens is 2. The molecule has 0 spiro atoms. The number of hydrogen-bond acceptors (Lipinski definition) is 6. The number of para-hydroxylation sites is 1. The van der Waals surface area contributed by atoms with Crippen molar-refractivity contribution in [2.24, 2.45) is 0 Å². The van der Waals surface area contributed by atoms with E-state index in [2.05, 4.69) is 15.5 Å². The van der Waals surface area contributed by atoms with Crippen LogP contribution in [0.2, 0.25) is 5.02 Å². The zero-order valence-corrected chi connectivity index (χ0v) is 14.0. The second-order valence-corrected chi connectivity index (χ2v) is 5.50. The molecule has 2 aromatic heterocycles. The third kappa shape index (κ3) is 3.42. The number of carbonyl (C=O) groups excluding carboxylic acids is 1. The van der Waals surface area contributed by atoms with Crippen LogP contribution in [0, 0.1) is 0 Å². The molecule has 3 rings (SSSR count). The van der Waals surface area contributed by atoms with Gasteiger partial charge in [0.05, 0.1) is 11.6 Å². The molecule has 8 heteroatoms. The van der Waals surface area contributed by atoms with Gasteiger partial charge < -0.3 is 19.0 Å². The first-order valence-corrected chi connectivity index (χ1v) is 7.86. The van der Waals surface area contributed by atoms with Gasteiger partial charge in [-0.2, -0.15) is 4.98 Å². The maximum absolute atomic E-state index is 12.2. The SMILES string of the molecule is CCO[C@H](C)c1noc(CNC(=O)c2cc3cccc(Cl)c3o2)n1. The quantitative estimate of drug-likeness (QED) is 0.732. The van der Waals surface area contributed by atoms with E-state index in [0.717, 1.165) is 5.39 Å². The number of hydrogen-bond donors (Lipinski definition) is 1. The van der Waals surface area contributed by atoms with E-state index in [0.29, 0.717) is 28.9 Å². The molecule has 1 aromatic carbocycles. The number of furan rings is 1. The lowest BCUT2D eigenvalue weighted by Gasteiger charge is -2.04. The molecule has 0 fully saturated rings. The van der Waals surface area contributed by atoms with Crippen molar-refractivity contribution in [3.8, 4) is 0 Å². The molecular weight excluding hydrogens is 334 g/mol. The van der Waals surface area contributed by atoms with Crippen molar-refractivity contribution in [3.05, 3.63) is 46.8 Å². The van der Waals surface area contributed by atoms with Gasteiger partial charge in [-0.1, -0.05) is 28.9 Å². The maximum atomic E-state index is 12.2. The highest BCUT2D eigenvalue weighted by Gasteiger charge is 2.17.